The molecule has 0 aliphatic carbocycles. The van der Waals surface area contributed by atoms with E-state index in [1.165, 1.54) is 6.07 Å². The number of nitrogens with zero attached hydrogens (tertiary/aromatic N) is 5. The van der Waals surface area contributed by atoms with Crippen LogP contribution in [0.1, 0.15) is 5.69 Å². The second kappa shape index (κ2) is 5.33. The number of rotatable bonds is 0. The number of hydrogen-bond donors (Lipinski definition) is 0. The molecule has 5 nitrogen and oxygen atoms in total. The fraction of sp³-hybridized carbons (Fsp3) is 0. The fourth-order valence-corrected chi connectivity index (χ4v) is 2.76. The zero-order valence-electron chi connectivity index (χ0n) is 12.5. The molecule has 3 aromatic heterocycles. The van der Waals surface area contributed by atoms with Crippen LogP contribution in [-0.4, -0.2) is 15.0 Å². The molecule has 4 rings (SSSR count). The largest absolute Gasteiger partial charge is 0.249 e. The van der Waals surface area contributed by atoms with E-state index >= 15 is 0 Å². The standard InChI is InChI=1S/C17H3F4N5/c1-23-11-4-8-13(24-12(11)5-22)6-2-9(18)16(20)25-14(6)7-3-10(19)17(21)26-15(7)8/h2-4H. The highest BCUT2D eigenvalue weighted by Gasteiger charge is 2.19. The number of nitriles is 1. The molecule has 0 N–H and O–H groups in total. The molecule has 9 heteroatoms. The fourth-order valence-electron chi connectivity index (χ4n) is 2.76. The highest BCUT2D eigenvalue weighted by atomic mass is 19.2. The van der Waals surface area contributed by atoms with Gasteiger partial charge in [0, 0.05) is 16.2 Å². The SMILES string of the molecule is [C-]#[N+]c1cc2c3nc(F)c(F)cc3c3nc(F)c(F)cc3c2nc1C#N. The van der Waals surface area contributed by atoms with Crippen molar-refractivity contribution in [3.05, 3.63) is 58.8 Å². The minimum Gasteiger partial charge on any atom is -0.248 e. The van der Waals surface area contributed by atoms with Gasteiger partial charge in [-0.25, -0.2) is 28.6 Å². The summed E-state index contributed by atoms with van der Waals surface area (Å²) in [5.41, 5.74) is -0.735. The molecule has 0 amide bonds. The average Bonchev–Trinajstić information content (AvgIpc) is 2.63. The molecule has 3 heterocycles. The number of pyridine rings is 3. The first-order valence-electron chi connectivity index (χ1n) is 7.00. The Balaban J connectivity index is 2.40. The Bertz CT molecular complexity index is 1250. The van der Waals surface area contributed by atoms with Gasteiger partial charge in [-0.1, -0.05) is 0 Å². The first-order chi connectivity index (χ1) is 12.4. The van der Waals surface area contributed by atoms with Crippen molar-refractivity contribution in [2.75, 3.05) is 0 Å². The van der Waals surface area contributed by atoms with Crippen LogP contribution in [0.2, 0.25) is 0 Å². The quantitative estimate of drug-likeness (QED) is 0.204. The van der Waals surface area contributed by atoms with Crippen LogP contribution < -0.4 is 0 Å². The zero-order chi connectivity index (χ0) is 18.6. The van der Waals surface area contributed by atoms with Crippen LogP contribution in [-0.2, 0) is 0 Å². The van der Waals surface area contributed by atoms with Crippen LogP contribution in [0.25, 0.3) is 37.6 Å². The summed E-state index contributed by atoms with van der Waals surface area (Å²) in [5.74, 6) is -5.41. The number of halogens is 4. The van der Waals surface area contributed by atoms with Crippen molar-refractivity contribution in [1.82, 2.24) is 15.0 Å². The number of fused-ring (bicyclic) bond motifs is 6. The predicted octanol–water partition coefficient (Wildman–Crippen LogP) is 4.31. The molecule has 1 aromatic carbocycles. The first kappa shape index (κ1) is 15.7. The molecular weight excluding hydrogens is 350 g/mol. The molecule has 0 aliphatic rings. The lowest BCUT2D eigenvalue weighted by molar-refractivity contribution is 0.482. The molecule has 4 aromatic rings. The second-order valence-corrected chi connectivity index (χ2v) is 5.29. The van der Waals surface area contributed by atoms with Gasteiger partial charge in [0.05, 0.1) is 23.1 Å². The summed E-state index contributed by atoms with van der Waals surface area (Å²) in [7, 11) is 0. The van der Waals surface area contributed by atoms with Gasteiger partial charge in [-0.2, -0.15) is 14.0 Å². The van der Waals surface area contributed by atoms with Crippen molar-refractivity contribution < 1.29 is 17.6 Å². The van der Waals surface area contributed by atoms with E-state index in [0.717, 1.165) is 12.1 Å². The van der Waals surface area contributed by atoms with Crippen molar-refractivity contribution in [1.29, 1.82) is 5.26 Å². The molecule has 0 radical (unpaired) electrons. The summed E-state index contributed by atoms with van der Waals surface area (Å²) in [6.45, 7) is 7.13. The summed E-state index contributed by atoms with van der Waals surface area (Å²) >= 11 is 0. The first-order valence-corrected chi connectivity index (χ1v) is 7.00. The maximum absolute atomic E-state index is 13.7. The van der Waals surface area contributed by atoms with Crippen molar-refractivity contribution in [3.8, 4) is 6.07 Å². The average molecular weight is 353 g/mol. The molecule has 0 bridgehead atoms. The summed E-state index contributed by atoms with van der Waals surface area (Å²) < 4.78 is 54.7. The van der Waals surface area contributed by atoms with Crippen LogP contribution in [0.4, 0.5) is 23.2 Å². The molecule has 0 saturated heterocycles. The van der Waals surface area contributed by atoms with Gasteiger partial charge < -0.3 is 0 Å². The smallest absolute Gasteiger partial charge is 0.248 e. The van der Waals surface area contributed by atoms with E-state index in [0.29, 0.717) is 0 Å². The Labute approximate surface area is 142 Å². The Morgan fingerprint density at radius 2 is 1.27 bits per heavy atom. The van der Waals surface area contributed by atoms with Crippen LogP contribution in [0.5, 0.6) is 0 Å². The van der Waals surface area contributed by atoms with E-state index in [4.69, 9.17) is 11.8 Å². The van der Waals surface area contributed by atoms with Crippen molar-refractivity contribution >= 4 is 38.4 Å². The highest BCUT2D eigenvalue weighted by molar-refractivity contribution is 6.22. The molecule has 0 saturated carbocycles. The molecule has 124 valence electrons. The maximum atomic E-state index is 13.7. The van der Waals surface area contributed by atoms with Crippen LogP contribution in [0.3, 0.4) is 0 Å². The number of aromatic nitrogens is 3. The van der Waals surface area contributed by atoms with Gasteiger partial charge in [0.25, 0.3) is 0 Å². The van der Waals surface area contributed by atoms with Crippen molar-refractivity contribution in [2.24, 2.45) is 0 Å². The summed E-state index contributed by atoms with van der Waals surface area (Å²) in [6.07, 6.45) is 0. The third-order valence-corrected chi connectivity index (χ3v) is 3.86. The lowest BCUT2D eigenvalue weighted by atomic mass is 10.0. The predicted molar refractivity (Wildman–Crippen MR) is 83.2 cm³/mol. The second-order valence-electron chi connectivity index (χ2n) is 5.29. The number of benzene rings is 1. The number of hydrogen-bond acceptors (Lipinski definition) is 4. The van der Waals surface area contributed by atoms with E-state index in [1.807, 2.05) is 0 Å². The third kappa shape index (κ3) is 2.04. The molecular formula is C17H3F4N5. The van der Waals surface area contributed by atoms with Gasteiger partial charge in [-0.3, -0.25) is 0 Å². The van der Waals surface area contributed by atoms with Gasteiger partial charge in [0.1, 0.15) is 11.8 Å². The normalized spacial score (nSPS) is 11.0. The van der Waals surface area contributed by atoms with E-state index in [2.05, 4.69) is 19.8 Å². The molecule has 0 aliphatic heterocycles. The Morgan fingerprint density at radius 3 is 1.73 bits per heavy atom. The topological polar surface area (TPSA) is 66.8 Å². The minimum absolute atomic E-state index is 0.0211. The van der Waals surface area contributed by atoms with Crippen LogP contribution in [0.15, 0.2) is 18.2 Å². The van der Waals surface area contributed by atoms with E-state index in [9.17, 15) is 17.6 Å². The summed E-state index contributed by atoms with van der Waals surface area (Å²) in [6, 6.07) is 4.52. The Morgan fingerprint density at radius 1 is 0.808 bits per heavy atom. The molecule has 26 heavy (non-hydrogen) atoms. The monoisotopic (exact) mass is 353 g/mol. The summed E-state index contributed by atoms with van der Waals surface area (Å²) in [5, 5.41) is 9.13. The Hall–Kier alpha value is -3.85. The van der Waals surface area contributed by atoms with Gasteiger partial charge >= 0.3 is 0 Å². The lowest BCUT2D eigenvalue weighted by Gasteiger charge is -2.10. The highest BCUT2D eigenvalue weighted by Crippen LogP contribution is 2.36. The van der Waals surface area contributed by atoms with E-state index < -0.39 is 23.5 Å². The van der Waals surface area contributed by atoms with Crippen molar-refractivity contribution in [2.45, 2.75) is 0 Å². The molecule has 0 spiro atoms. The third-order valence-electron chi connectivity index (χ3n) is 3.86. The van der Waals surface area contributed by atoms with Crippen molar-refractivity contribution in [3.63, 3.8) is 0 Å². The van der Waals surface area contributed by atoms with Crippen LogP contribution >= 0.6 is 0 Å². The minimum atomic E-state index is -1.43. The van der Waals surface area contributed by atoms with E-state index in [-0.39, 0.29) is 44.1 Å². The summed E-state index contributed by atoms with van der Waals surface area (Å²) in [4.78, 5) is 14.2. The lowest BCUT2D eigenvalue weighted by Crippen LogP contribution is -1.99. The molecule has 0 unspecified atom stereocenters. The molecule has 0 fully saturated rings. The van der Waals surface area contributed by atoms with Gasteiger partial charge in [-0.15, -0.1) is 0 Å². The molecule has 0 atom stereocenters. The van der Waals surface area contributed by atoms with E-state index in [1.54, 1.807) is 6.07 Å². The van der Waals surface area contributed by atoms with Crippen LogP contribution in [0, 0.1) is 41.4 Å². The Kier molecular flexibility index (Phi) is 3.21. The zero-order valence-corrected chi connectivity index (χ0v) is 12.5. The van der Waals surface area contributed by atoms with Gasteiger partial charge in [-0.05, 0) is 18.2 Å². The maximum Gasteiger partial charge on any atom is 0.249 e. The van der Waals surface area contributed by atoms with Gasteiger partial charge in [0.15, 0.2) is 11.6 Å². The van der Waals surface area contributed by atoms with Gasteiger partial charge in [0.2, 0.25) is 17.6 Å².